The highest BCUT2D eigenvalue weighted by Gasteiger charge is 2.44. The van der Waals surface area contributed by atoms with Gasteiger partial charge in [0.05, 0.1) is 12.3 Å². The largest absolute Gasteiger partial charge is 0.394 e. The van der Waals surface area contributed by atoms with Crippen molar-refractivity contribution in [3.05, 3.63) is 6.33 Å². The average Bonchev–Trinajstić information content (AvgIpc) is 2.90. The number of ether oxygens (including phenoxy) is 1. The van der Waals surface area contributed by atoms with E-state index in [1.165, 1.54) is 10.9 Å². The van der Waals surface area contributed by atoms with Gasteiger partial charge in [0.15, 0.2) is 25.5 Å². The Balaban J connectivity index is 2.11. The smallest absolute Gasteiger partial charge is 0.167 e. The van der Waals surface area contributed by atoms with E-state index in [9.17, 15) is 10.2 Å². The number of anilines is 1. The molecule has 5 N–H and O–H groups in total. The van der Waals surface area contributed by atoms with E-state index in [1.54, 1.807) is 0 Å². The highest BCUT2D eigenvalue weighted by Crippen LogP contribution is 2.30. The molecule has 1 fully saturated rings. The van der Waals surface area contributed by atoms with Crippen molar-refractivity contribution in [2.45, 2.75) is 24.5 Å². The maximum absolute atomic E-state index is 10.0. The van der Waals surface area contributed by atoms with Gasteiger partial charge < -0.3 is 25.8 Å². The quantitative estimate of drug-likeness (QED) is 0.421. The monoisotopic (exact) mass is 277 g/mol. The molecule has 20 heavy (non-hydrogen) atoms. The van der Waals surface area contributed by atoms with Crippen molar-refractivity contribution in [1.29, 1.82) is 0 Å². The fourth-order valence-electron chi connectivity index (χ4n) is 2.29. The molecule has 2 aromatic rings. The van der Waals surface area contributed by atoms with Gasteiger partial charge in [-0.1, -0.05) is 0 Å². The van der Waals surface area contributed by atoms with Gasteiger partial charge in [0.25, 0.3) is 0 Å². The van der Waals surface area contributed by atoms with Crippen LogP contribution in [0.5, 0.6) is 0 Å². The van der Waals surface area contributed by atoms with Crippen LogP contribution in [0.15, 0.2) is 6.33 Å². The molecule has 104 valence electrons. The predicted octanol–water partition coefficient (Wildman–Crippen LogP) is -3.19. The van der Waals surface area contributed by atoms with Crippen LogP contribution in [-0.4, -0.2) is 67.6 Å². The number of rotatable bonds is 2. The predicted molar refractivity (Wildman–Crippen MR) is 68.1 cm³/mol. The zero-order valence-electron chi connectivity index (χ0n) is 10.3. The summed E-state index contributed by atoms with van der Waals surface area (Å²) in [5, 5.41) is 28.9. The second kappa shape index (κ2) is 4.67. The Labute approximate surface area is 114 Å². The molecule has 9 nitrogen and oxygen atoms in total. The first-order valence-corrected chi connectivity index (χ1v) is 5.91. The fraction of sp³-hybridized carbons (Fsp3) is 0.500. The van der Waals surface area contributed by atoms with Crippen LogP contribution in [0, 0.1) is 0 Å². The van der Waals surface area contributed by atoms with Gasteiger partial charge in [-0.05, 0) is 0 Å². The second-order valence-electron chi connectivity index (χ2n) is 4.50. The lowest BCUT2D eigenvalue weighted by Crippen LogP contribution is -2.35. The molecule has 0 amide bonds. The molecule has 0 aliphatic carbocycles. The van der Waals surface area contributed by atoms with Gasteiger partial charge in [0, 0.05) is 0 Å². The Morgan fingerprint density at radius 3 is 2.75 bits per heavy atom. The molecule has 3 rings (SSSR count). The number of aliphatic hydroxyl groups is 3. The Morgan fingerprint density at radius 1 is 1.35 bits per heavy atom. The minimum atomic E-state index is -1.27. The van der Waals surface area contributed by atoms with Crippen LogP contribution in [0.3, 0.4) is 0 Å². The Bertz CT molecular complexity index is 650. The van der Waals surface area contributed by atoms with Crippen molar-refractivity contribution >= 4 is 30.6 Å². The lowest BCUT2D eigenvalue weighted by atomic mass is 10.1. The minimum Gasteiger partial charge on any atom is -0.394 e. The standard InChI is InChI=1S/C10H12BN5O4/c11-10-15-4-7(12)13-2-14-8(4)16(10)9-6(19)5(18)3(1-17)20-9/h2-3,5-6,9,17-19H,1H2,(H2,12,13,14)/t3-,5-,6-,9-/m1/s1. The third kappa shape index (κ3) is 1.77. The summed E-state index contributed by atoms with van der Waals surface area (Å²) >= 11 is 0. The van der Waals surface area contributed by atoms with E-state index in [0.717, 1.165) is 0 Å². The highest BCUT2D eigenvalue weighted by molar-refractivity contribution is 6.30. The number of hydrogen-bond acceptors (Lipinski definition) is 8. The Kier molecular flexibility index (Phi) is 3.09. The normalized spacial score (nSPS) is 30.1. The molecule has 1 aliphatic heterocycles. The highest BCUT2D eigenvalue weighted by atomic mass is 16.6. The molecule has 2 aromatic heterocycles. The number of nitrogen functional groups attached to an aromatic ring is 1. The van der Waals surface area contributed by atoms with Gasteiger partial charge in [-0.3, -0.25) is 4.57 Å². The first-order chi connectivity index (χ1) is 9.54. The lowest BCUT2D eigenvalue weighted by Gasteiger charge is -2.18. The van der Waals surface area contributed by atoms with Crippen LogP contribution in [0.1, 0.15) is 6.23 Å². The average molecular weight is 277 g/mol. The summed E-state index contributed by atoms with van der Waals surface area (Å²) in [6, 6.07) is 0. The third-order valence-corrected chi connectivity index (χ3v) is 3.30. The van der Waals surface area contributed by atoms with Crippen molar-refractivity contribution in [3.8, 4) is 0 Å². The topological polar surface area (TPSA) is 140 Å². The van der Waals surface area contributed by atoms with Crippen LogP contribution in [0.25, 0.3) is 11.2 Å². The maximum atomic E-state index is 10.0. The van der Waals surface area contributed by atoms with Crippen molar-refractivity contribution in [2.24, 2.45) is 0 Å². The van der Waals surface area contributed by atoms with Gasteiger partial charge in [-0.25, -0.2) is 15.0 Å². The second-order valence-corrected chi connectivity index (χ2v) is 4.50. The summed E-state index contributed by atoms with van der Waals surface area (Å²) in [7, 11) is 5.79. The van der Waals surface area contributed by atoms with Crippen LogP contribution < -0.4 is 11.5 Å². The minimum absolute atomic E-state index is 0.0158. The van der Waals surface area contributed by atoms with Gasteiger partial charge in [0.2, 0.25) is 0 Å². The first-order valence-electron chi connectivity index (χ1n) is 5.91. The molecule has 0 aromatic carbocycles. The maximum Gasteiger partial charge on any atom is 0.167 e. The molecule has 0 unspecified atom stereocenters. The molecule has 0 bridgehead atoms. The molecule has 4 atom stereocenters. The van der Waals surface area contributed by atoms with E-state index in [4.69, 9.17) is 23.4 Å². The van der Waals surface area contributed by atoms with Gasteiger partial charge >= 0.3 is 0 Å². The molecule has 1 saturated heterocycles. The summed E-state index contributed by atoms with van der Waals surface area (Å²) in [6.07, 6.45) is -3.20. The first kappa shape index (κ1) is 13.2. The molecule has 2 radical (unpaired) electrons. The van der Waals surface area contributed by atoms with E-state index in [-0.39, 0.29) is 22.7 Å². The van der Waals surface area contributed by atoms with Crippen LogP contribution >= 0.6 is 0 Å². The zero-order valence-corrected chi connectivity index (χ0v) is 10.3. The molecule has 0 spiro atoms. The van der Waals surface area contributed by atoms with Crippen molar-refractivity contribution < 1.29 is 20.1 Å². The van der Waals surface area contributed by atoms with Gasteiger partial charge in [0.1, 0.15) is 30.2 Å². The molecular weight excluding hydrogens is 265 g/mol. The number of nitrogens with two attached hydrogens (primary N) is 1. The third-order valence-electron chi connectivity index (χ3n) is 3.30. The van der Waals surface area contributed by atoms with E-state index >= 15 is 0 Å². The number of imidazole rings is 1. The SMILES string of the molecule is [B]c1nc2c(N)ncnc2n1[C@@H]1O[C@H](CO)[C@@H](O)[C@H]1O. The number of aromatic nitrogens is 4. The number of nitrogens with zero attached hydrogens (tertiary/aromatic N) is 4. The van der Waals surface area contributed by atoms with Crippen LogP contribution in [0.4, 0.5) is 5.82 Å². The number of hydrogen-bond donors (Lipinski definition) is 4. The summed E-state index contributed by atoms with van der Waals surface area (Å²) in [5.41, 5.74) is 6.26. The van der Waals surface area contributed by atoms with Crippen LogP contribution in [-0.2, 0) is 4.74 Å². The van der Waals surface area contributed by atoms with E-state index < -0.39 is 31.1 Å². The molecular formula is C10H12BN5O4. The summed E-state index contributed by atoms with van der Waals surface area (Å²) in [5.74, 6) is 0.146. The summed E-state index contributed by atoms with van der Waals surface area (Å²) in [6.45, 7) is -0.432. The molecule has 3 heterocycles. The van der Waals surface area contributed by atoms with E-state index in [0.29, 0.717) is 0 Å². The van der Waals surface area contributed by atoms with E-state index in [1.807, 2.05) is 0 Å². The van der Waals surface area contributed by atoms with Crippen LogP contribution in [0.2, 0.25) is 0 Å². The molecule has 0 saturated carbocycles. The fourth-order valence-corrected chi connectivity index (χ4v) is 2.29. The molecule has 10 heteroatoms. The lowest BCUT2D eigenvalue weighted by molar-refractivity contribution is -0.0497. The van der Waals surface area contributed by atoms with Crippen molar-refractivity contribution in [1.82, 2.24) is 19.5 Å². The summed E-state index contributed by atoms with van der Waals surface area (Å²) < 4.78 is 6.72. The Morgan fingerprint density at radius 2 is 2.10 bits per heavy atom. The van der Waals surface area contributed by atoms with Gasteiger partial charge in [-0.15, -0.1) is 0 Å². The van der Waals surface area contributed by atoms with Gasteiger partial charge in [-0.2, -0.15) is 0 Å². The zero-order chi connectivity index (χ0) is 14.4. The van der Waals surface area contributed by atoms with Crippen molar-refractivity contribution in [3.63, 3.8) is 0 Å². The molecule has 1 aliphatic rings. The summed E-state index contributed by atoms with van der Waals surface area (Å²) in [4.78, 5) is 11.8. The van der Waals surface area contributed by atoms with Crippen molar-refractivity contribution in [2.75, 3.05) is 12.3 Å². The number of fused-ring (bicyclic) bond motifs is 1. The number of aliphatic hydroxyl groups excluding tert-OH is 3. The van der Waals surface area contributed by atoms with E-state index in [2.05, 4.69) is 15.0 Å². The Hall–Kier alpha value is -1.75.